The Morgan fingerprint density at radius 3 is 2.64 bits per heavy atom. The normalized spacial score (nSPS) is 10.7. The van der Waals surface area contributed by atoms with Crippen molar-refractivity contribution in [3.63, 3.8) is 0 Å². The minimum absolute atomic E-state index is 0.0923. The number of hydrogen-bond acceptors (Lipinski definition) is 4. The van der Waals surface area contributed by atoms with Gasteiger partial charge in [-0.15, -0.1) is 0 Å². The van der Waals surface area contributed by atoms with Crippen LogP contribution >= 0.6 is 0 Å². The maximum atomic E-state index is 14.0. The van der Waals surface area contributed by atoms with Gasteiger partial charge in [0.25, 0.3) is 0 Å². The van der Waals surface area contributed by atoms with E-state index in [0.29, 0.717) is 18.4 Å². The first-order chi connectivity index (χ1) is 12.1. The quantitative estimate of drug-likeness (QED) is 0.742. The third-order valence-electron chi connectivity index (χ3n) is 3.42. The highest BCUT2D eigenvalue weighted by Gasteiger charge is 2.14. The number of aromatic nitrogens is 2. The van der Waals surface area contributed by atoms with Gasteiger partial charge in [-0.05, 0) is 29.8 Å². The Labute approximate surface area is 142 Å². The number of nitrogens with zero attached hydrogens (tertiary/aromatic N) is 2. The van der Waals surface area contributed by atoms with Gasteiger partial charge >= 0.3 is 0 Å². The summed E-state index contributed by atoms with van der Waals surface area (Å²) in [5.41, 5.74) is 1.21. The highest BCUT2D eigenvalue weighted by atomic mass is 19.1. The summed E-state index contributed by atoms with van der Waals surface area (Å²) >= 11 is 0. The van der Waals surface area contributed by atoms with E-state index in [4.69, 9.17) is 4.74 Å². The van der Waals surface area contributed by atoms with Crippen molar-refractivity contribution in [2.75, 3.05) is 12.4 Å². The maximum absolute atomic E-state index is 14.0. The molecule has 3 aromatic rings. The largest absolute Gasteiger partial charge is 0.380 e. The van der Waals surface area contributed by atoms with Gasteiger partial charge in [-0.25, -0.2) is 23.1 Å². The Morgan fingerprint density at radius 1 is 1.04 bits per heavy atom. The first-order valence-electron chi connectivity index (χ1n) is 7.39. The van der Waals surface area contributed by atoms with Gasteiger partial charge in [0.2, 0.25) is 5.95 Å². The summed E-state index contributed by atoms with van der Waals surface area (Å²) in [7, 11) is 1.59. The standard InChI is InChI=1S/C18H14F3N3O/c1-25-10-11-3-2-4-13(7-11)23-18-22-9-16(21)17(24-18)14-6-5-12(19)8-15(14)20/h2-9H,10H2,1H3,(H,22,23,24). The van der Waals surface area contributed by atoms with Crippen LogP contribution < -0.4 is 5.32 Å². The summed E-state index contributed by atoms with van der Waals surface area (Å²) in [6, 6.07) is 10.2. The number of benzene rings is 2. The molecule has 0 amide bonds. The average molecular weight is 345 g/mol. The zero-order valence-electron chi connectivity index (χ0n) is 13.3. The molecule has 1 N–H and O–H groups in total. The topological polar surface area (TPSA) is 47.0 Å². The van der Waals surface area contributed by atoms with Crippen LogP contribution in [-0.4, -0.2) is 17.1 Å². The van der Waals surface area contributed by atoms with E-state index in [1.54, 1.807) is 13.2 Å². The first-order valence-corrected chi connectivity index (χ1v) is 7.39. The number of methoxy groups -OCH3 is 1. The van der Waals surface area contributed by atoms with Crippen molar-refractivity contribution in [1.29, 1.82) is 0 Å². The van der Waals surface area contributed by atoms with Crippen molar-refractivity contribution >= 4 is 11.6 Å². The van der Waals surface area contributed by atoms with Gasteiger partial charge in [0.15, 0.2) is 5.82 Å². The van der Waals surface area contributed by atoms with E-state index in [9.17, 15) is 13.2 Å². The van der Waals surface area contributed by atoms with Crippen LogP contribution in [0.4, 0.5) is 24.8 Å². The predicted octanol–water partition coefficient (Wildman–Crippen LogP) is 4.45. The lowest BCUT2D eigenvalue weighted by Gasteiger charge is -2.09. The molecule has 0 spiro atoms. The number of ether oxygens (including phenoxy) is 1. The van der Waals surface area contributed by atoms with Crippen LogP contribution in [0.5, 0.6) is 0 Å². The molecule has 7 heteroatoms. The molecule has 1 heterocycles. The molecule has 0 aliphatic heterocycles. The van der Waals surface area contributed by atoms with Crippen LogP contribution in [0.1, 0.15) is 5.56 Å². The number of anilines is 2. The summed E-state index contributed by atoms with van der Waals surface area (Å²) in [5.74, 6) is -2.35. The number of nitrogens with one attached hydrogen (secondary N) is 1. The maximum Gasteiger partial charge on any atom is 0.227 e. The van der Waals surface area contributed by atoms with E-state index in [1.165, 1.54) is 0 Å². The SMILES string of the molecule is COCc1cccc(Nc2ncc(F)c(-c3ccc(F)cc3F)n2)c1. The lowest BCUT2D eigenvalue weighted by atomic mass is 10.1. The zero-order valence-corrected chi connectivity index (χ0v) is 13.3. The summed E-state index contributed by atoms with van der Waals surface area (Å²) < 4.78 is 46.0. The van der Waals surface area contributed by atoms with Crippen molar-refractivity contribution in [1.82, 2.24) is 9.97 Å². The van der Waals surface area contributed by atoms with Crippen molar-refractivity contribution in [2.45, 2.75) is 6.61 Å². The second kappa shape index (κ2) is 7.31. The molecule has 0 aliphatic rings. The highest BCUT2D eigenvalue weighted by Crippen LogP contribution is 2.25. The molecule has 0 radical (unpaired) electrons. The molecule has 0 saturated carbocycles. The van der Waals surface area contributed by atoms with E-state index in [-0.39, 0.29) is 17.2 Å². The fourth-order valence-corrected chi connectivity index (χ4v) is 2.33. The molecule has 0 unspecified atom stereocenters. The molecule has 3 rings (SSSR count). The molecular formula is C18H14F3N3O. The van der Waals surface area contributed by atoms with Crippen LogP contribution in [0.15, 0.2) is 48.7 Å². The Bertz CT molecular complexity index is 902. The predicted molar refractivity (Wildman–Crippen MR) is 87.8 cm³/mol. The van der Waals surface area contributed by atoms with E-state index >= 15 is 0 Å². The Kier molecular flexibility index (Phi) is 4.95. The molecule has 0 fully saturated rings. The molecule has 0 aliphatic carbocycles. The number of rotatable bonds is 5. The molecule has 4 nitrogen and oxygen atoms in total. The summed E-state index contributed by atoms with van der Waals surface area (Å²) in [6.07, 6.45) is 0.937. The van der Waals surface area contributed by atoms with Crippen molar-refractivity contribution in [3.8, 4) is 11.3 Å². The fourth-order valence-electron chi connectivity index (χ4n) is 2.33. The van der Waals surface area contributed by atoms with Gasteiger partial charge in [-0.1, -0.05) is 12.1 Å². The first kappa shape index (κ1) is 16.9. The number of halogens is 3. The van der Waals surface area contributed by atoms with Crippen molar-refractivity contribution < 1.29 is 17.9 Å². The third kappa shape index (κ3) is 3.95. The lowest BCUT2D eigenvalue weighted by molar-refractivity contribution is 0.185. The summed E-state index contributed by atoms with van der Waals surface area (Å²) in [5, 5.41) is 2.93. The molecule has 25 heavy (non-hydrogen) atoms. The second-order valence-electron chi connectivity index (χ2n) is 5.27. The molecule has 0 bridgehead atoms. The van der Waals surface area contributed by atoms with Gasteiger partial charge < -0.3 is 10.1 Å². The van der Waals surface area contributed by atoms with Crippen LogP contribution in [-0.2, 0) is 11.3 Å². The van der Waals surface area contributed by atoms with Crippen LogP contribution in [0.2, 0.25) is 0 Å². The zero-order chi connectivity index (χ0) is 17.8. The Hall–Kier alpha value is -2.93. The van der Waals surface area contributed by atoms with Gasteiger partial charge in [-0.2, -0.15) is 0 Å². The van der Waals surface area contributed by atoms with E-state index in [2.05, 4.69) is 15.3 Å². The monoisotopic (exact) mass is 345 g/mol. The van der Waals surface area contributed by atoms with Gasteiger partial charge in [0, 0.05) is 24.4 Å². The number of hydrogen-bond donors (Lipinski definition) is 1. The molecule has 128 valence electrons. The van der Waals surface area contributed by atoms with E-state index in [0.717, 1.165) is 23.9 Å². The molecular weight excluding hydrogens is 331 g/mol. The van der Waals surface area contributed by atoms with E-state index < -0.39 is 17.5 Å². The van der Waals surface area contributed by atoms with Crippen LogP contribution in [0.3, 0.4) is 0 Å². The highest BCUT2D eigenvalue weighted by molar-refractivity contribution is 5.63. The lowest BCUT2D eigenvalue weighted by Crippen LogP contribution is -2.02. The molecule has 0 saturated heterocycles. The van der Waals surface area contributed by atoms with Crippen LogP contribution in [0, 0.1) is 17.5 Å². The summed E-state index contributed by atoms with van der Waals surface area (Å²) in [4.78, 5) is 7.87. The Morgan fingerprint density at radius 2 is 1.88 bits per heavy atom. The van der Waals surface area contributed by atoms with Gasteiger partial charge in [0.1, 0.15) is 17.3 Å². The molecule has 2 aromatic carbocycles. The third-order valence-corrected chi connectivity index (χ3v) is 3.42. The van der Waals surface area contributed by atoms with E-state index in [1.807, 2.05) is 18.2 Å². The van der Waals surface area contributed by atoms with Crippen LogP contribution in [0.25, 0.3) is 11.3 Å². The molecule has 1 aromatic heterocycles. The second-order valence-corrected chi connectivity index (χ2v) is 5.27. The molecule has 0 atom stereocenters. The van der Waals surface area contributed by atoms with Gasteiger partial charge in [0.05, 0.1) is 12.8 Å². The minimum atomic E-state index is -0.898. The van der Waals surface area contributed by atoms with Crippen molar-refractivity contribution in [2.24, 2.45) is 0 Å². The average Bonchev–Trinajstić information content (AvgIpc) is 2.58. The fraction of sp³-hybridized carbons (Fsp3) is 0.111. The van der Waals surface area contributed by atoms with Crippen molar-refractivity contribution in [3.05, 3.63) is 71.7 Å². The summed E-state index contributed by atoms with van der Waals surface area (Å²) in [6.45, 7) is 0.436. The Balaban J connectivity index is 1.93. The van der Waals surface area contributed by atoms with Gasteiger partial charge in [-0.3, -0.25) is 0 Å². The minimum Gasteiger partial charge on any atom is -0.380 e. The smallest absolute Gasteiger partial charge is 0.227 e.